The highest BCUT2D eigenvalue weighted by atomic mass is 79.9. The zero-order chi connectivity index (χ0) is 19.4. The number of thiophene rings is 1. The number of hydrogen-bond acceptors (Lipinski definition) is 5. The van der Waals surface area contributed by atoms with Gasteiger partial charge in [0.1, 0.15) is 10.8 Å². The standard InChI is InChI=1S/C17H18BrN3O3S2/c1-4-10-8(2)26-16(13(10)14(19)22)21-17(25)20-15(23)9-5-6-12(24-3)11(18)7-9/h5-7H,4H2,1-3H3,(H2,19,22)(H2,20,21,23,25). The van der Waals surface area contributed by atoms with E-state index in [4.69, 9.17) is 22.7 Å². The Kier molecular flexibility index (Phi) is 6.74. The van der Waals surface area contributed by atoms with Crippen LogP contribution in [0.2, 0.25) is 0 Å². The highest BCUT2D eigenvalue weighted by Crippen LogP contribution is 2.33. The van der Waals surface area contributed by atoms with Crippen molar-refractivity contribution in [2.75, 3.05) is 12.4 Å². The lowest BCUT2D eigenvalue weighted by Gasteiger charge is -2.10. The summed E-state index contributed by atoms with van der Waals surface area (Å²) >= 11 is 9.92. The minimum absolute atomic E-state index is 0.0911. The van der Waals surface area contributed by atoms with Crippen molar-refractivity contribution in [2.24, 2.45) is 5.73 Å². The van der Waals surface area contributed by atoms with Crippen molar-refractivity contribution in [3.8, 4) is 5.75 Å². The van der Waals surface area contributed by atoms with Crippen molar-refractivity contribution < 1.29 is 14.3 Å². The lowest BCUT2D eigenvalue weighted by molar-refractivity contribution is 0.0975. The number of aryl methyl sites for hydroxylation is 1. The predicted octanol–water partition coefficient (Wildman–Crippen LogP) is 3.62. The Balaban J connectivity index is 2.15. The van der Waals surface area contributed by atoms with E-state index in [2.05, 4.69) is 26.6 Å². The van der Waals surface area contributed by atoms with E-state index in [0.717, 1.165) is 10.4 Å². The fraction of sp³-hybridized carbons (Fsp3) is 0.235. The lowest BCUT2D eigenvalue weighted by atomic mass is 10.1. The van der Waals surface area contributed by atoms with Crippen molar-refractivity contribution in [3.63, 3.8) is 0 Å². The van der Waals surface area contributed by atoms with Gasteiger partial charge in [0.05, 0.1) is 17.1 Å². The smallest absolute Gasteiger partial charge is 0.257 e. The van der Waals surface area contributed by atoms with Crippen molar-refractivity contribution in [1.29, 1.82) is 0 Å². The molecule has 26 heavy (non-hydrogen) atoms. The van der Waals surface area contributed by atoms with E-state index in [1.807, 2.05) is 13.8 Å². The normalized spacial score (nSPS) is 10.3. The molecular formula is C17H18BrN3O3S2. The number of amides is 2. The van der Waals surface area contributed by atoms with Crippen LogP contribution in [0.25, 0.3) is 0 Å². The third-order valence-electron chi connectivity index (χ3n) is 3.68. The minimum Gasteiger partial charge on any atom is -0.496 e. The largest absolute Gasteiger partial charge is 0.496 e. The lowest BCUT2D eigenvalue weighted by Crippen LogP contribution is -2.34. The van der Waals surface area contributed by atoms with E-state index < -0.39 is 5.91 Å². The van der Waals surface area contributed by atoms with E-state index in [1.165, 1.54) is 11.3 Å². The molecule has 4 N–H and O–H groups in total. The molecule has 0 saturated carbocycles. The summed E-state index contributed by atoms with van der Waals surface area (Å²) in [7, 11) is 1.54. The molecule has 0 saturated heterocycles. The van der Waals surface area contributed by atoms with Crippen LogP contribution in [-0.4, -0.2) is 24.0 Å². The van der Waals surface area contributed by atoms with Gasteiger partial charge in [0, 0.05) is 10.4 Å². The summed E-state index contributed by atoms with van der Waals surface area (Å²) < 4.78 is 5.80. The number of anilines is 1. The molecule has 2 amide bonds. The molecule has 1 aromatic heterocycles. The first-order valence-electron chi connectivity index (χ1n) is 7.66. The molecule has 9 heteroatoms. The Bertz CT molecular complexity index is 880. The highest BCUT2D eigenvalue weighted by Gasteiger charge is 2.20. The van der Waals surface area contributed by atoms with Crippen molar-refractivity contribution in [3.05, 3.63) is 44.2 Å². The Morgan fingerprint density at radius 3 is 2.62 bits per heavy atom. The summed E-state index contributed by atoms with van der Waals surface area (Å²) in [6.07, 6.45) is 0.682. The molecule has 2 aromatic rings. The van der Waals surface area contributed by atoms with Crippen molar-refractivity contribution in [1.82, 2.24) is 5.32 Å². The van der Waals surface area contributed by atoms with Gasteiger partial charge in [0.15, 0.2) is 5.11 Å². The van der Waals surface area contributed by atoms with Gasteiger partial charge in [-0.1, -0.05) is 6.92 Å². The van der Waals surface area contributed by atoms with Crippen LogP contribution in [0.3, 0.4) is 0 Å². The third kappa shape index (κ3) is 4.40. The number of carbonyl (C=O) groups is 2. The molecule has 2 rings (SSSR count). The molecule has 0 atom stereocenters. The second-order valence-corrected chi connectivity index (χ2v) is 7.80. The van der Waals surface area contributed by atoms with Crippen molar-refractivity contribution in [2.45, 2.75) is 20.3 Å². The number of nitrogens with one attached hydrogen (secondary N) is 2. The summed E-state index contributed by atoms with van der Waals surface area (Å²) in [6, 6.07) is 4.94. The van der Waals surface area contributed by atoms with Crippen LogP contribution in [0, 0.1) is 6.92 Å². The number of thiocarbonyl (C=S) groups is 1. The quantitative estimate of drug-likeness (QED) is 0.598. The molecule has 138 valence electrons. The van der Waals surface area contributed by atoms with Gasteiger partial charge in [-0.3, -0.25) is 14.9 Å². The van der Waals surface area contributed by atoms with Gasteiger partial charge >= 0.3 is 0 Å². The number of nitrogens with two attached hydrogens (primary N) is 1. The van der Waals surface area contributed by atoms with Crippen LogP contribution >= 0.6 is 39.5 Å². The summed E-state index contributed by atoms with van der Waals surface area (Å²) in [6.45, 7) is 3.87. The minimum atomic E-state index is -0.526. The zero-order valence-corrected chi connectivity index (χ0v) is 17.7. The number of rotatable bonds is 5. The first-order valence-corrected chi connectivity index (χ1v) is 9.68. The average Bonchev–Trinajstić information content (AvgIpc) is 2.89. The molecule has 6 nitrogen and oxygen atoms in total. The topological polar surface area (TPSA) is 93.4 Å². The van der Waals surface area contributed by atoms with E-state index in [-0.39, 0.29) is 11.0 Å². The Morgan fingerprint density at radius 1 is 1.38 bits per heavy atom. The molecule has 0 unspecified atom stereocenters. The third-order valence-corrected chi connectivity index (χ3v) is 5.56. The molecular weight excluding hydrogens is 438 g/mol. The maximum atomic E-state index is 12.4. The number of methoxy groups -OCH3 is 1. The van der Waals surface area contributed by atoms with Crippen LogP contribution in [-0.2, 0) is 6.42 Å². The second-order valence-electron chi connectivity index (χ2n) is 5.32. The summed E-state index contributed by atoms with van der Waals surface area (Å²) in [5, 5.41) is 6.13. The fourth-order valence-electron chi connectivity index (χ4n) is 2.47. The monoisotopic (exact) mass is 455 g/mol. The first-order chi connectivity index (χ1) is 12.3. The maximum absolute atomic E-state index is 12.4. The Labute approximate surface area is 169 Å². The zero-order valence-electron chi connectivity index (χ0n) is 14.4. The van der Waals surface area contributed by atoms with Gasteiger partial charge < -0.3 is 15.8 Å². The number of halogens is 1. The van der Waals surface area contributed by atoms with Gasteiger partial charge in [-0.15, -0.1) is 11.3 Å². The maximum Gasteiger partial charge on any atom is 0.257 e. The fourth-order valence-corrected chi connectivity index (χ4v) is 4.43. The summed E-state index contributed by atoms with van der Waals surface area (Å²) in [5.41, 5.74) is 7.21. The second kappa shape index (κ2) is 8.61. The molecule has 0 bridgehead atoms. The number of ether oxygens (including phenoxy) is 1. The molecule has 0 aliphatic rings. The molecule has 0 spiro atoms. The van der Waals surface area contributed by atoms with Crippen LogP contribution in [0.5, 0.6) is 5.75 Å². The number of benzene rings is 1. The SMILES string of the molecule is CCc1c(C)sc(NC(=S)NC(=O)c2ccc(OC)c(Br)c2)c1C(N)=O. The summed E-state index contributed by atoms with van der Waals surface area (Å²) in [5.74, 6) is -0.285. The molecule has 0 aliphatic carbocycles. The highest BCUT2D eigenvalue weighted by molar-refractivity contribution is 9.10. The van der Waals surface area contributed by atoms with Gasteiger partial charge in [-0.25, -0.2) is 0 Å². The van der Waals surface area contributed by atoms with Gasteiger partial charge in [-0.2, -0.15) is 0 Å². The Hall–Kier alpha value is -1.97. The summed E-state index contributed by atoms with van der Waals surface area (Å²) in [4.78, 5) is 25.1. The molecule has 0 radical (unpaired) electrons. The van der Waals surface area contributed by atoms with Gasteiger partial charge in [-0.05, 0) is 65.3 Å². The molecule has 1 aromatic carbocycles. The van der Waals surface area contributed by atoms with E-state index in [1.54, 1.807) is 25.3 Å². The molecule has 0 fully saturated rings. The van der Waals surface area contributed by atoms with Crippen LogP contribution in [0.1, 0.15) is 38.1 Å². The van der Waals surface area contributed by atoms with Crippen LogP contribution in [0.4, 0.5) is 5.00 Å². The van der Waals surface area contributed by atoms with Gasteiger partial charge in [0.25, 0.3) is 11.8 Å². The molecule has 1 heterocycles. The Morgan fingerprint density at radius 2 is 2.08 bits per heavy atom. The average molecular weight is 456 g/mol. The van der Waals surface area contributed by atoms with E-state index >= 15 is 0 Å². The predicted molar refractivity (Wildman–Crippen MR) is 111 cm³/mol. The van der Waals surface area contributed by atoms with Crippen LogP contribution in [0.15, 0.2) is 22.7 Å². The number of hydrogen-bond donors (Lipinski definition) is 3. The van der Waals surface area contributed by atoms with E-state index in [0.29, 0.717) is 32.8 Å². The van der Waals surface area contributed by atoms with Gasteiger partial charge in [0.2, 0.25) is 0 Å². The number of carbonyl (C=O) groups excluding carboxylic acids is 2. The first kappa shape index (κ1) is 20.3. The van der Waals surface area contributed by atoms with E-state index in [9.17, 15) is 9.59 Å². The van der Waals surface area contributed by atoms with Crippen LogP contribution < -0.4 is 21.1 Å². The molecule has 0 aliphatic heterocycles. The van der Waals surface area contributed by atoms with Crippen molar-refractivity contribution >= 4 is 61.4 Å². The number of primary amides is 1.